The van der Waals surface area contributed by atoms with Crippen molar-refractivity contribution in [2.24, 2.45) is 0 Å². The summed E-state index contributed by atoms with van der Waals surface area (Å²) in [6.45, 7) is -0.338. The fourth-order valence-corrected chi connectivity index (χ4v) is 3.72. The zero-order valence-electron chi connectivity index (χ0n) is 19.0. The molecule has 184 valence electrons. The Bertz CT molecular complexity index is 1320. The number of hydrogen-bond acceptors (Lipinski definition) is 5. The quantitative estimate of drug-likeness (QED) is 0.350. The number of hydrogen-bond donors (Lipinski definition) is 2. The van der Waals surface area contributed by atoms with Gasteiger partial charge in [-0.05, 0) is 42.0 Å². The minimum Gasteiger partial charge on any atom is -0.465 e. The molecular formula is C26H20ClF2N3O4. The van der Waals surface area contributed by atoms with Gasteiger partial charge in [0, 0.05) is 28.1 Å². The van der Waals surface area contributed by atoms with Gasteiger partial charge in [0.15, 0.2) is 0 Å². The van der Waals surface area contributed by atoms with Crippen molar-refractivity contribution in [3.8, 4) is 17.2 Å². The molecule has 0 aliphatic carbocycles. The van der Waals surface area contributed by atoms with Crippen LogP contribution in [0.3, 0.4) is 0 Å². The summed E-state index contributed by atoms with van der Waals surface area (Å²) in [4.78, 5) is 37.0. The molecule has 0 saturated heterocycles. The number of methoxy groups -OCH3 is 1. The molecule has 0 saturated carbocycles. The van der Waals surface area contributed by atoms with Crippen molar-refractivity contribution in [1.29, 1.82) is 5.26 Å². The van der Waals surface area contributed by atoms with Gasteiger partial charge in [-0.1, -0.05) is 35.9 Å². The third kappa shape index (κ3) is 6.23. The lowest BCUT2D eigenvalue weighted by atomic mass is 10.0. The Morgan fingerprint density at radius 3 is 2.25 bits per heavy atom. The van der Waals surface area contributed by atoms with Crippen LogP contribution in [-0.2, 0) is 16.0 Å². The summed E-state index contributed by atoms with van der Waals surface area (Å²) in [6.07, 6.45) is -0.457. The van der Waals surface area contributed by atoms with Gasteiger partial charge >= 0.3 is 5.97 Å². The molecule has 0 spiro atoms. The molecule has 10 heteroatoms. The summed E-state index contributed by atoms with van der Waals surface area (Å²) in [5.74, 6) is -3.67. The lowest BCUT2D eigenvalue weighted by Gasteiger charge is -2.19. The Morgan fingerprint density at radius 1 is 1.03 bits per heavy atom. The van der Waals surface area contributed by atoms with Crippen molar-refractivity contribution in [3.05, 3.63) is 94.0 Å². The van der Waals surface area contributed by atoms with E-state index in [1.165, 1.54) is 31.4 Å². The van der Waals surface area contributed by atoms with E-state index in [1.54, 1.807) is 30.3 Å². The molecule has 0 aliphatic rings. The first-order valence-corrected chi connectivity index (χ1v) is 11.0. The van der Waals surface area contributed by atoms with Crippen molar-refractivity contribution in [3.63, 3.8) is 0 Å². The summed E-state index contributed by atoms with van der Waals surface area (Å²) < 4.78 is 33.0. The molecule has 0 aromatic heterocycles. The van der Waals surface area contributed by atoms with Gasteiger partial charge in [-0.2, -0.15) is 5.26 Å². The van der Waals surface area contributed by atoms with Crippen LogP contribution in [0.4, 0.5) is 8.78 Å². The van der Waals surface area contributed by atoms with Gasteiger partial charge < -0.3 is 15.4 Å². The lowest BCUT2D eigenvalue weighted by molar-refractivity contribution is -0.122. The van der Waals surface area contributed by atoms with Crippen molar-refractivity contribution >= 4 is 29.4 Å². The molecule has 0 radical (unpaired) electrons. The summed E-state index contributed by atoms with van der Waals surface area (Å²) in [5.41, 5.74) is 1.36. The number of amides is 2. The number of rotatable bonds is 8. The first-order chi connectivity index (χ1) is 17.2. The molecule has 3 rings (SSSR count). The van der Waals surface area contributed by atoms with Gasteiger partial charge in [0.25, 0.3) is 5.91 Å². The summed E-state index contributed by atoms with van der Waals surface area (Å²) in [5, 5.41) is 13.8. The van der Waals surface area contributed by atoms with E-state index in [0.29, 0.717) is 16.1 Å². The zero-order chi connectivity index (χ0) is 26.2. The molecule has 1 atom stereocenters. The van der Waals surface area contributed by atoms with Crippen LogP contribution >= 0.6 is 11.6 Å². The highest BCUT2D eigenvalue weighted by atomic mass is 35.5. The topological polar surface area (TPSA) is 108 Å². The van der Waals surface area contributed by atoms with Crippen LogP contribution in [-0.4, -0.2) is 37.5 Å². The smallest absolute Gasteiger partial charge is 0.337 e. The molecule has 7 nitrogen and oxygen atoms in total. The summed E-state index contributed by atoms with van der Waals surface area (Å²) in [7, 11) is 1.26. The number of halogens is 3. The number of carbonyl (C=O) groups is 3. The van der Waals surface area contributed by atoms with E-state index in [1.807, 2.05) is 0 Å². The fourth-order valence-electron chi connectivity index (χ4n) is 3.43. The van der Waals surface area contributed by atoms with Crippen molar-refractivity contribution in [2.45, 2.75) is 12.5 Å². The van der Waals surface area contributed by atoms with Gasteiger partial charge in [0.2, 0.25) is 5.91 Å². The molecule has 2 N–H and O–H groups in total. The van der Waals surface area contributed by atoms with E-state index in [0.717, 1.165) is 12.1 Å². The van der Waals surface area contributed by atoms with Crippen LogP contribution in [0.1, 0.15) is 26.3 Å². The maximum absolute atomic E-state index is 14.1. The second-order valence-corrected chi connectivity index (χ2v) is 7.98. The number of esters is 1. The van der Waals surface area contributed by atoms with Crippen LogP contribution in [0.2, 0.25) is 5.02 Å². The third-order valence-corrected chi connectivity index (χ3v) is 5.59. The number of ether oxygens (including phenoxy) is 1. The number of carbonyl (C=O) groups excluding carboxylic acids is 3. The van der Waals surface area contributed by atoms with Crippen LogP contribution in [0, 0.1) is 23.0 Å². The first-order valence-electron chi connectivity index (χ1n) is 10.6. The van der Waals surface area contributed by atoms with Crippen LogP contribution in [0.15, 0.2) is 60.7 Å². The Kier molecular flexibility index (Phi) is 8.71. The molecule has 0 unspecified atom stereocenters. The lowest BCUT2D eigenvalue weighted by Crippen LogP contribution is -2.48. The largest absolute Gasteiger partial charge is 0.465 e. The minimum atomic E-state index is -1.34. The maximum atomic E-state index is 14.1. The van der Waals surface area contributed by atoms with Crippen molar-refractivity contribution < 1.29 is 27.9 Å². The highest BCUT2D eigenvalue weighted by molar-refractivity contribution is 6.33. The van der Waals surface area contributed by atoms with Crippen LogP contribution in [0.25, 0.3) is 11.1 Å². The second-order valence-electron chi connectivity index (χ2n) is 7.57. The van der Waals surface area contributed by atoms with Crippen LogP contribution < -0.4 is 10.6 Å². The molecule has 3 aromatic rings. The highest BCUT2D eigenvalue weighted by Crippen LogP contribution is 2.29. The zero-order valence-corrected chi connectivity index (χ0v) is 19.7. The predicted molar refractivity (Wildman–Crippen MR) is 128 cm³/mol. The summed E-state index contributed by atoms with van der Waals surface area (Å²) in [6, 6.07) is 14.6. The average molecular weight is 512 g/mol. The van der Waals surface area contributed by atoms with Gasteiger partial charge in [0.1, 0.15) is 24.2 Å². The van der Waals surface area contributed by atoms with Gasteiger partial charge in [0.05, 0.1) is 18.7 Å². The highest BCUT2D eigenvalue weighted by Gasteiger charge is 2.25. The molecule has 0 heterocycles. The average Bonchev–Trinajstić information content (AvgIpc) is 2.88. The molecule has 2 amide bonds. The van der Waals surface area contributed by atoms with Crippen LogP contribution in [0.5, 0.6) is 0 Å². The number of nitriles is 1. The second kappa shape index (κ2) is 11.9. The molecule has 0 aliphatic heterocycles. The monoisotopic (exact) mass is 511 g/mol. The van der Waals surface area contributed by atoms with E-state index in [-0.39, 0.29) is 23.2 Å². The van der Waals surface area contributed by atoms with Crippen molar-refractivity contribution in [2.75, 3.05) is 13.7 Å². The van der Waals surface area contributed by atoms with Gasteiger partial charge in [-0.3, -0.25) is 9.59 Å². The molecule has 36 heavy (non-hydrogen) atoms. The number of nitrogens with zero attached hydrogens (tertiary/aromatic N) is 1. The van der Waals surface area contributed by atoms with Gasteiger partial charge in [-0.15, -0.1) is 0 Å². The fraction of sp³-hybridized carbons (Fsp3) is 0.154. The number of benzene rings is 3. The summed E-state index contributed by atoms with van der Waals surface area (Å²) >= 11 is 6.30. The Balaban J connectivity index is 1.80. The van der Waals surface area contributed by atoms with E-state index >= 15 is 0 Å². The number of nitrogens with one attached hydrogen (secondary N) is 2. The Labute approximate surface area is 210 Å². The molecule has 0 bridgehead atoms. The Hall–Kier alpha value is -4.29. The SMILES string of the molecule is COC(=O)c1ccc(-c2ccc(C(=O)N[C@@H](Cc3c(F)cccc3F)C(=O)NCC#N)cc2)c(Cl)c1. The Morgan fingerprint density at radius 2 is 1.67 bits per heavy atom. The molecule has 0 fully saturated rings. The van der Waals surface area contributed by atoms with E-state index in [2.05, 4.69) is 15.4 Å². The normalized spacial score (nSPS) is 11.2. The molecule has 3 aromatic carbocycles. The maximum Gasteiger partial charge on any atom is 0.337 e. The molecular weight excluding hydrogens is 492 g/mol. The van der Waals surface area contributed by atoms with Crippen molar-refractivity contribution in [1.82, 2.24) is 10.6 Å². The first kappa shape index (κ1) is 26.3. The third-order valence-electron chi connectivity index (χ3n) is 5.28. The minimum absolute atomic E-state index is 0.174. The van der Waals surface area contributed by atoms with E-state index in [9.17, 15) is 23.2 Å². The standard InChI is InChI=1S/C26H20ClF2N3O4/c1-36-26(35)17-9-10-18(20(27)13-17)15-5-7-16(8-6-15)24(33)32-23(25(34)31-12-11-30)14-19-21(28)3-2-4-22(19)29/h2-10,13,23H,12,14H2,1H3,(H,31,34)(H,32,33)/t23-/m0/s1. The van der Waals surface area contributed by atoms with E-state index in [4.69, 9.17) is 16.9 Å². The predicted octanol–water partition coefficient (Wildman–Crippen LogP) is 4.05. The van der Waals surface area contributed by atoms with Gasteiger partial charge in [-0.25, -0.2) is 13.6 Å². The van der Waals surface area contributed by atoms with E-state index < -0.39 is 41.9 Å².